The number of rotatable bonds is 6. The largest absolute Gasteiger partial charge is 0.310 e. The van der Waals surface area contributed by atoms with Gasteiger partial charge in [0.2, 0.25) is 5.91 Å². The molecule has 186 valence electrons. The number of fused-ring (bicyclic) bond motifs is 1. The monoisotopic (exact) mass is 519 g/mol. The zero-order valence-corrected chi connectivity index (χ0v) is 21.1. The van der Waals surface area contributed by atoms with E-state index in [1.165, 1.54) is 6.33 Å². The molecule has 3 aromatic carbocycles. The molecular weight excluding hydrogens is 498 g/mol. The van der Waals surface area contributed by atoms with Crippen molar-refractivity contribution in [1.82, 2.24) is 29.5 Å². The molecule has 0 unspecified atom stereocenters. The highest BCUT2D eigenvalue weighted by molar-refractivity contribution is 6.30. The molecule has 0 radical (unpaired) electrons. The minimum atomic E-state index is -0.501. The van der Waals surface area contributed by atoms with Gasteiger partial charge in [-0.15, -0.1) is 0 Å². The van der Waals surface area contributed by atoms with Crippen molar-refractivity contribution in [2.24, 2.45) is 0 Å². The van der Waals surface area contributed by atoms with Crippen LogP contribution >= 0.6 is 11.6 Å². The minimum absolute atomic E-state index is 0.175. The van der Waals surface area contributed by atoms with Crippen LogP contribution in [-0.2, 0) is 4.79 Å². The number of aromatic nitrogens is 6. The third-order valence-electron chi connectivity index (χ3n) is 6.23. The summed E-state index contributed by atoms with van der Waals surface area (Å²) in [5, 5.41) is 13.6. The van der Waals surface area contributed by atoms with E-state index in [0.717, 1.165) is 22.5 Å². The Morgan fingerprint density at radius 1 is 0.868 bits per heavy atom. The maximum atomic E-state index is 13.8. The van der Waals surface area contributed by atoms with Crippen LogP contribution in [0.4, 0.5) is 5.82 Å². The summed E-state index contributed by atoms with van der Waals surface area (Å²) in [6.07, 6.45) is 3.16. The second-order valence-corrected chi connectivity index (χ2v) is 9.23. The van der Waals surface area contributed by atoms with Crippen LogP contribution in [0.2, 0.25) is 5.02 Å². The second-order valence-electron chi connectivity index (χ2n) is 8.79. The van der Waals surface area contributed by atoms with E-state index in [-0.39, 0.29) is 5.91 Å². The second kappa shape index (κ2) is 9.91. The van der Waals surface area contributed by atoms with Crippen LogP contribution in [0, 0.1) is 6.92 Å². The van der Waals surface area contributed by atoms with E-state index in [9.17, 15) is 4.79 Å². The molecule has 38 heavy (non-hydrogen) atoms. The molecule has 0 saturated heterocycles. The first-order chi connectivity index (χ1) is 18.6. The topological polar surface area (TPSA) is 90.5 Å². The van der Waals surface area contributed by atoms with E-state index in [1.54, 1.807) is 27.7 Å². The van der Waals surface area contributed by atoms with Crippen molar-refractivity contribution >= 4 is 34.4 Å². The first kappa shape index (κ1) is 23.6. The fraction of sp³-hybridized carbons (Fsp3) is 0.0690. The summed E-state index contributed by atoms with van der Waals surface area (Å²) in [5.74, 6) is 0.336. The maximum absolute atomic E-state index is 13.8. The first-order valence-electron chi connectivity index (χ1n) is 12.0. The fourth-order valence-electron chi connectivity index (χ4n) is 4.51. The Bertz CT molecular complexity index is 1690. The number of carbonyl (C=O) groups is 1. The Hall–Kier alpha value is -4.82. The molecule has 0 aliphatic rings. The van der Waals surface area contributed by atoms with E-state index >= 15 is 0 Å². The van der Waals surface area contributed by atoms with Crippen LogP contribution in [0.25, 0.3) is 22.5 Å². The van der Waals surface area contributed by atoms with Crippen LogP contribution in [0.15, 0.2) is 104 Å². The van der Waals surface area contributed by atoms with Gasteiger partial charge in [-0.05, 0) is 42.3 Å². The van der Waals surface area contributed by atoms with Crippen molar-refractivity contribution in [2.45, 2.75) is 12.8 Å². The molecule has 0 fully saturated rings. The van der Waals surface area contributed by atoms with Gasteiger partial charge in [0.05, 0.1) is 28.9 Å². The number of aryl methyl sites for hydroxylation is 1. The minimum Gasteiger partial charge on any atom is -0.310 e. The third-order valence-corrected chi connectivity index (χ3v) is 6.48. The molecule has 0 aliphatic carbocycles. The summed E-state index contributed by atoms with van der Waals surface area (Å²) in [6.45, 7) is 1.87. The van der Waals surface area contributed by atoms with E-state index < -0.39 is 5.92 Å². The van der Waals surface area contributed by atoms with E-state index in [2.05, 4.69) is 25.5 Å². The van der Waals surface area contributed by atoms with Crippen molar-refractivity contribution in [3.05, 3.63) is 125 Å². The van der Waals surface area contributed by atoms with Gasteiger partial charge in [-0.1, -0.05) is 72.3 Å². The lowest BCUT2D eigenvalue weighted by molar-refractivity contribution is -0.116. The summed E-state index contributed by atoms with van der Waals surface area (Å²) in [7, 11) is 0. The van der Waals surface area contributed by atoms with Crippen LogP contribution < -0.4 is 5.32 Å². The quantitative estimate of drug-likeness (QED) is 0.303. The number of nitrogens with zero attached hydrogens (tertiary/aromatic N) is 6. The molecule has 1 N–H and O–H groups in total. The Morgan fingerprint density at radius 2 is 1.53 bits per heavy atom. The molecule has 3 aromatic heterocycles. The molecule has 1 amide bonds. The van der Waals surface area contributed by atoms with Crippen LogP contribution in [0.3, 0.4) is 0 Å². The number of halogens is 1. The van der Waals surface area contributed by atoms with Crippen molar-refractivity contribution in [3.63, 3.8) is 0 Å². The number of amides is 1. The van der Waals surface area contributed by atoms with Gasteiger partial charge in [0.25, 0.3) is 0 Å². The smallest absolute Gasteiger partial charge is 0.237 e. The van der Waals surface area contributed by atoms with Gasteiger partial charge in [-0.2, -0.15) is 14.9 Å². The predicted octanol–water partition coefficient (Wildman–Crippen LogP) is 5.73. The predicted molar refractivity (Wildman–Crippen MR) is 147 cm³/mol. The van der Waals surface area contributed by atoms with Crippen molar-refractivity contribution in [2.75, 3.05) is 5.32 Å². The van der Waals surface area contributed by atoms with Gasteiger partial charge >= 0.3 is 0 Å². The fourth-order valence-corrected chi connectivity index (χ4v) is 4.63. The Balaban J connectivity index is 1.40. The van der Waals surface area contributed by atoms with Crippen molar-refractivity contribution in [3.8, 4) is 11.5 Å². The molecular formula is C29H22ClN7O. The number of hydrogen-bond donors (Lipinski definition) is 1. The van der Waals surface area contributed by atoms with Crippen molar-refractivity contribution in [1.29, 1.82) is 0 Å². The average molecular weight is 520 g/mol. The summed E-state index contributed by atoms with van der Waals surface area (Å²) in [6, 6.07) is 28.6. The molecule has 6 aromatic rings. The zero-order chi connectivity index (χ0) is 26.1. The maximum Gasteiger partial charge on any atom is 0.237 e. The summed E-state index contributed by atoms with van der Waals surface area (Å²) >= 11 is 6.06. The Labute approximate surface area is 223 Å². The molecule has 8 nitrogen and oxygen atoms in total. The van der Waals surface area contributed by atoms with Gasteiger partial charge < -0.3 is 5.32 Å². The Morgan fingerprint density at radius 3 is 2.18 bits per heavy atom. The molecule has 0 bridgehead atoms. The van der Waals surface area contributed by atoms with Gasteiger partial charge in [0.15, 0.2) is 11.5 Å². The zero-order valence-electron chi connectivity index (χ0n) is 20.4. The first-order valence-corrected chi connectivity index (χ1v) is 12.4. The molecule has 0 atom stereocenters. The number of anilines is 1. The lowest BCUT2D eigenvalue weighted by Gasteiger charge is -2.18. The molecule has 0 saturated carbocycles. The van der Waals surface area contributed by atoms with E-state index in [0.29, 0.717) is 27.7 Å². The van der Waals surface area contributed by atoms with Crippen molar-refractivity contribution < 1.29 is 4.79 Å². The Kier molecular flexibility index (Phi) is 6.15. The molecule has 6 rings (SSSR count). The number of benzene rings is 3. The average Bonchev–Trinajstić information content (AvgIpc) is 3.54. The standard InChI is InChI=1S/C29H22ClN7O/c1-19-16-25(34-29(38)26(20-8-4-2-5-9-20)21-10-6-3-7-11-21)37(35-19)28-24-17-33-36(27(24)31-18-32-28)23-14-12-22(30)13-15-23/h2-18,26H,1H3,(H,34,38). The normalized spacial score (nSPS) is 11.2. The number of carbonyl (C=O) groups excluding carboxylic acids is 1. The highest BCUT2D eigenvalue weighted by atomic mass is 35.5. The van der Waals surface area contributed by atoms with E-state index in [4.69, 9.17) is 11.6 Å². The summed E-state index contributed by atoms with van der Waals surface area (Å²) < 4.78 is 3.34. The van der Waals surface area contributed by atoms with Gasteiger partial charge in [0, 0.05) is 11.1 Å². The van der Waals surface area contributed by atoms with Crippen LogP contribution in [-0.4, -0.2) is 35.4 Å². The lowest BCUT2D eigenvalue weighted by Crippen LogP contribution is -2.23. The summed E-state index contributed by atoms with van der Waals surface area (Å²) in [5.41, 5.74) is 3.94. The van der Waals surface area contributed by atoms with Crippen LogP contribution in [0.5, 0.6) is 0 Å². The number of nitrogens with one attached hydrogen (secondary N) is 1. The van der Waals surface area contributed by atoms with E-state index in [1.807, 2.05) is 85.8 Å². The van der Waals surface area contributed by atoms with Gasteiger partial charge in [0.1, 0.15) is 12.1 Å². The SMILES string of the molecule is Cc1cc(NC(=O)C(c2ccccc2)c2ccccc2)n(-c2ncnc3c2cnn3-c2ccc(Cl)cc2)n1. The highest BCUT2D eigenvalue weighted by Crippen LogP contribution is 2.28. The van der Waals surface area contributed by atoms with Gasteiger partial charge in [-0.3, -0.25) is 4.79 Å². The lowest BCUT2D eigenvalue weighted by atomic mass is 9.90. The molecule has 0 aliphatic heterocycles. The van der Waals surface area contributed by atoms with Gasteiger partial charge in [-0.25, -0.2) is 14.6 Å². The summed E-state index contributed by atoms with van der Waals surface area (Å²) in [4.78, 5) is 22.7. The molecule has 0 spiro atoms. The third kappa shape index (κ3) is 4.42. The number of hydrogen-bond acceptors (Lipinski definition) is 5. The molecule has 3 heterocycles. The van der Waals surface area contributed by atoms with Crippen LogP contribution in [0.1, 0.15) is 22.7 Å². The highest BCUT2D eigenvalue weighted by Gasteiger charge is 2.25. The molecule has 9 heteroatoms.